The number of pyridine rings is 5. The first kappa shape index (κ1) is 80.9. The van der Waals surface area contributed by atoms with Crippen LogP contribution in [0.5, 0.6) is 0 Å². The molecule has 0 aliphatic carbocycles. The molecule has 0 unspecified atom stereocenters. The monoisotopic (exact) mass is 1860 g/mol. The summed E-state index contributed by atoms with van der Waals surface area (Å²) in [6.45, 7) is 13.5. The van der Waals surface area contributed by atoms with Gasteiger partial charge in [-0.2, -0.15) is 19.2 Å². The van der Waals surface area contributed by atoms with Gasteiger partial charge in [-0.25, -0.2) is 24.9 Å². The van der Waals surface area contributed by atoms with E-state index in [1.165, 1.54) is 0 Å². The van der Waals surface area contributed by atoms with Gasteiger partial charge in [-0.1, -0.05) is 148 Å². The van der Waals surface area contributed by atoms with E-state index in [4.69, 9.17) is 82.3 Å². The van der Waals surface area contributed by atoms with E-state index in [1.807, 2.05) is 93.9 Å². The normalized spacial score (nSPS) is 8.17. The van der Waals surface area contributed by atoms with Gasteiger partial charge in [0.1, 0.15) is 31.5 Å². The number of aliphatic hydroxyl groups is 1. The molecule has 0 atom stereocenters. The Bertz CT molecular complexity index is 1950. The van der Waals surface area contributed by atoms with Crippen molar-refractivity contribution in [3.05, 3.63) is 143 Å². The van der Waals surface area contributed by atoms with E-state index in [9.17, 15) is 4.79 Å². The van der Waals surface area contributed by atoms with Crippen LogP contribution in [0.4, 0.5) is 0 Å². The van der Waals surface area contributed by atoms with Crippen molar-refractivity contribution in [1.82, 2.24) is 24.9 Å². The van der Waals surface area contributed by atoms with Crippen LogP contribution in [0.15, 0.2) is 66.9 Å². The van der Waals surface area contributed by atoms with Gasteiger partial charge in [-0.3, -0.25) is 4.79 Å². The first-order valence-corrected chi connectivity index (χ1v) is 45.5. The van der Waals surface area contributed by atoms with Gasteiger partial charge in [-0.15, -0.1) is 0 Å². The fourth-order valence-electron chi connectivity index (χ4n) is 3.01. The molecular formula is C40H48Cl5I7N5O6V2. The summed E-state index contributed by atoms with van der Waals surface area (Å²) < 4.78 is 0. The van der Waals surface area contributed by atoms with Crippen molar-refractivity contribution in [2.75, 3.05) is 9.86 Å². The molecule has 5 heterocycles. The van der Waals surface area contributed by atoms with Crippen molar-refractivity contribution in [1.29, 1.82) is 0 Å². The molecule has 0 aliphatic rings. The van der Waals surface area contributed by atoms with Crippen LogP contribution >= 0.6 is 203 Å². The van der Waals surface area contributed by atoms with Crippen molar-refractivity contribution in [2.45, 2.75) is 68.9 Å². The second-order valence-electron chi connectivity index (χ2n) is 10.4. The van der Waals surface area contributed by atoms with Gasteiger partial charge < -0.3 is 5.11 Å². The van der Waals surface area contributed by atoms with Gasteiger partial charge in [-0.05, 0) is 116 Å². The van der Waals surface area contributed by atoms with Crippen molar-refractivity contribution in [3.8, 4) is 0 Å². The quantitative estimate of drug-likeness (QED) is 0.0789. The van der Waals surface area contributed by atoms with Gasteiger partial charge in [0.2, 0.25) is 0 Å². The Labute approximate surface area is 503 Å². The summed E-state index contributed by atoms with van der Waals surface area (Å²) >= 11 is 44.8. The molecule has 0 fully saturated rings. The van der Waals surface area contributed by atoms with Crippen LogP contribution in [0.3, 0.4) is 0 Å². The molecule has 0 amide bonds. The summed E-state index contributed by atoms with van der Waals surface area (Å²) in [6, 6.07) is 18.7. The predicted octanol–water partition coefficient (Wildman–Crippen LogP) is 16.4. The molecule has 5 aromatic rings. The Balaban J connectivity index is -0.000000119. The summed E-state index contributed by atoms with van der Waals surface area (Å²) in [5.74, 6) is 0. The van der Waals surface area contributed by atoms with Gasteiger partial charge in [0.05, 0.1) is 12.3 Å². The molecule has 0 radical (unpaired) electrons. The number of alkyl halides is 2. The zero-order valence-corrected chi connectivity index (χ0v) is 57.2. The first-order chi connectivity index (χ1) is 30.2. The standard InChI is InChI=1S/C8H10ClN.C7H8ClNO.C7H6ClNO.C7H8ClN.C6H6ClN.2CH3I.2CO2.CH4.5HI.2V/c1-3-7-5-4-6(2)8(9)10-7;2*1-5-2-3-6(4-10)9-7(5)8;1-5-3-4-6(2)9-7(5)8;1-5-3-2-4-8-6(5)7;2*1-2;2*2-1-3;;;;;;;;/h4-5H,3H2,1-2H3;2-3,10H,4H2,1H3;2-4H,1H3;3-4H,1-2H3;2-4H,1H3;2*1H3;;;1H4;5*1H;;/q;;;;;;;;;;;;;;;+2;+3/p-5. The molecule has 5 rings (SSSR count). The van der Waals surface area contributed by atoms with Crippen LogP contribution in [-0.4, -0.2) is 58.5 Å². The average molecular weight is 1860 g/mol. The maximum atomic E-state index is 10.1. The van der Waals surface area contributed by atoms with E-state index in [2.05, 4.69) is 177 Å². The summed E-state index contributed by atoms with van der Waals surface area (Å²) in [5.41, 5.74) is 7.90. The maximum absolute atomic E-state index is 10.1. The van der Waals surface area contributed by atoms with Crippen LogP contribution in [-0.2, 0) is 46.6 Å². The second kappa shape index (κ2) is 58.4. The summed E-state index contributed by atoms with van der Waals surface area (Å²) in [6.07, 6.45) is 3.79. The number of rotatable bonds is 3. The predicted molar refractivity (Wildman–Crippen MR) is 322 cm³/mol. The molecule has 0 bridgehead atoms. The number of nitrogens with zero attached hydrogens (tertiary/aromatic N) is 5. The molecule has 0 saturated carbocycles. The van der Waals surface area contributed by atoms with E-state index in [1.54, 1.807) is 24.4 Å². The van der Waals surface area contributed by atoms with Crippen molar-refractivity contribution >= 4 is 222 Å². The molecule has 0 saturated heterocycles. The van der Waals surface area contributed by atoms with Crippen molar-refractivity contribution in [3.63, 3.8) is 0 Å². The number of carbonyl (C=O) groups is 1. The van der Waals surface area contributed by atoms with Gasteiger partial charge in [0, 0.05) is 17.6 Å². The summed E-state index contributed by atoms with van der Waals surface area (Å²) in [7, 11) is 0.628. The van der Waals surface area contributed by atoms with E-state index in [0.29, 0.717) is 52.9 Å². The topological polar surface area (TPSA) is 170 Å². The van der Waals surface area contributed by atoms with Crippen LogP contribution in [0.1, 0.15) is 69.7 Å². The molecular weight excluding hydrogens is 1810 g/mol. The second-order valence-corrected chi connectivity index (χ2v) is 59.3. The Morgan fingerprint density at radius 1 is 0.600 bits per heavy atom. The molecule has 0 aliphatic heterocycles. The number of aliphatic hydroxyl groups excluding tert-OH is 1. The molecule has 0 aromatic carbocycles. The molecule has 363 valence electrons. The van der Waals surface area contributed by atoms with Crippen LogP contribution in [0.2, 0.25) is 25.8 Å². The number of aromatic nitrogens is 5. The fourth-order valence-corrected chi connectivity index (χ4v) is 3.83. The minimum absolute atomic E-state index is 0. The molecule has 0 spiro atoms. The Kier molecular flexibility index (Phi) is 72.8. The van der Waals surface area contributed by atoms with Crippen molar-refractivity contribution < 1.29 is 43.5 Å². The number of hydrogen-bond donors (Lipinski definition) is 1. The van der Waals surface area contributed by atoms with Crippen molar-refractivity contribution in [2.24, 2.45) is 0 Å². The number of aldehydes is 1. The zero-order valence-electron chi connectivity index (χ0n) is 35.5. The first-order valence-electron chi connectivity index (χ1n) is 16.7. The Hall–Kier alpha value is 1.87. The van der Waals surface area contributed by atoms with Gasteiger partial charge in [0.15, 0.2) is 6.29 Å². The third-order valence-corrected chi connectivity index (χ3v) is 7.93. The Morgan fingerprint density at radius 2 is 0.923 bits per heavy atom. The number of hydrogen-bond acceptors (Lipinski definition) is 11. The third-order valence-electron chi connectivity index (χ3n) is 6.01. The molecule has 5 aromatic heterocycles. The Morgan fingerprint density at radius 3 is 1.20 bits per heavy atom. The average Bonchev–Trinajstić information content (AvgIpc) is 3.26. The van der Waals surface area contributed by atoms with Crippen LogP contribution in [0, 0.1) is 41.5 Å². The number of carbonyl (C=O) groups excluding carboxylic acids is 5. The minimum atomic E-state index is -0.278. The fraction of sp³-hybridized carbons (Fsp3) is 0.300. The molecule has 25 heteroatoms. The third kappa shape index (κ3) is 53.5. The molecule has 65 heavy (non-hydrogen) atoms. The number of aryl methyl sites for hydroxylation is 7. The van der Waals surface area contributed by atoms with E-state index in [0.717, 1.165) is 45.6 Å². The van der Waals surface area contributed by atoms with E-state index >= 15 is 0 Å². The number of halogens is 12. The SMILES string of the molecule is C.CCc1ccc(C)c(Cl)n1.CI.CI.Cc1ccc(C)c(Cl)n1.Cc1ccc(C=O)nc1Cl.Cc1ccc(CO)nc1Cl.Cc1cccnc1Cl.O=C=O.O=C=O.[I][V]([I])[I].[I][V][I]. The molecule has 11 nitrogen and oxygen atoms in total. The van der Waals surface area contributed by atoms with Gasteiger partial charge >= 0.3 is 127 Å². The summed E-state index contributed by atoms with van der Waals surface area (Å²) in [4.78, 5) is 66.0. The van der Waals surface area contributed by atoms with Crippen LogP contribution in [0.25, 0.3) is 0 Å². The van der Waals surface area contributed by atoms with Crippen LogP contribution < -0.4 is 0 Å². The van der Waals surface area contributed by atoms with E-state index < -0.39 is 0 Å². The summed E-state index contributed by atoms with van der Waals surface area (Å²) in [5, 5.41) is 11.3. The van der Waals surface area contributed by atoms with Gasteiger partial charge in [0.25, 0.3) is 0 Å². The zero-order chi connectivity index (χ0) is 51.2. The van der Waals surface area contributed by atoms with E-state index in [-0.39, 0.29) is 31.3 Å². The molecule has 1 N–H and O–H groups in total.